The number of rotatable bonds is 4. The summed E-state index contributed by atoms with van der Waals surface area (Å²) in [7, 11) is 0. The molecule has 2 nitrogen and oxygen atoms in total. The average molecular weight is 260 g/mol. The molecular formula is C17H24O2. The lowest BCUT2D eigenvalue weighted by atomic mass is 10.0. The van der Waals surface area contributed by atoms with Crippen LogP contribution in [0.4, 0.5) is 0 Å². The van der Waals surface area contributed by atoms with Crippen molar-refractivity contribution in [2.24, 2.45) is 0 Å². The van der Waals surface area contributed by atoms with Crippen LogP contribution in [-0.2, 0) is 16.1 Å². The van der Waals surface area contributed by atoms with Crippen molar-refractivity contribution in [3.63, 3.8) is 0 Å². The van der Waals surface area contributed by atoms with E-state index in [0.29, 0.717) is 19.3 Å². The van der Waals surface area contributed by atoms with Crippen LogP contribution in [0.1, 0.15) is 38.7 Å². The Morgan fingerprint density at radius 3 is 2.84 bits per heavy atom. The minimum atomic E-state index is 0.190. The fraction of sp³-hybridized carbons (Fsp3) is 0.529. The second-order valence-electron chi connectivity index (χ2n) is 5.40. The Morgan fingerprint density at radius 1 is 1.26 bits per heavy atom. The summed E-state index contributed by atoms with van der Waals surface area (Å²) < 4.78 is 11.8. The Hall–Kier alpha value is -1.12. The maximum atomic E-state index is 6.03. The predicted molar refractivity (Wildman–Crippen MR) is 78.0 cm³/mol. The zero-order valence-corrected chi connectivity index (χ0v) is 12.0. The molecule has 0 fully saturated rings. The molecule has 104 valence electrons. The van der Waals surface area contributed by atoms with E-state index in [9.17, 15) is 0 Å². The molecule has 0 amide bonds. The van der Waals surface area contributed by atoms with Gasteiger partial charge in [-0.05, 0) is 38.7 Å². The van der Waals surface area contributed by atoms with Gasteiger partial charge in [-0.3, -0.25) is 0 Å². The number of allylic oxidation sites excluding steroid dienone is 1. The zero-order valence-electron chi connectivity index (χ0n) is 12.0. The van der Waals surface area contributed by atoms with E-state index in [1.807, 2.05) is 18.2 Å². The van der Waals surface area contributed by atoms with E-state index in [4.69, 9.17) is 9.47 Å². The fourth-order valence-corrected chi connectivity index (χ4v) is 2.43. The van der Waals surface area contributed by atoms with Gasteiger partial charge in [-0.15, -0.1) is 0 Å². The van der Waals surface area contributed by atoms with Crippen molar-refractivity contribution in [2.75, 3.05) is 6.61 Å². The van der Waals surface area contributed by atoms with E-state index in [1.54, 1.807) is 0 Å². The van der Waals surface area contributed by atoms with Crippen molar-refractivity contribution in [3.8, 4) is 0 Å². The van der Waals surface area contributed by atoms with E-state index in [2.05, 4.69) is 32.1 Å². The Balaban J connectivity index is 1.80. The van der Waals surface area contributed by atoms with Crippen LogP contribution < -0.4 is 0 Å². The van der Waals surface area contributed by atoms with Crippen molar-refractivity contribution >= 4 is 0 Å². The van der Waals surface area contributed by atoms with Gasteiger partial charge in [-0.2, -0.15) is 0 Å². The SMILES string of the molecule is C/C1=C/CCC(C)OC(COCc2ccccc2)C1. The van der Waals surface area contributed by atoms with Gasteiger partial charge in [0.25, 0.3) is 0 Å². The summed E-state index contributed by atoms with van der Waals surface area (Å²) in [4.78, 5) is 0. The topological polar surface area (TPSA) is 18.5 Å². The normalized spacial score (nSPS) is 27.2. The third-order valence-electron chi connectivity index (χ3n) is 3.46. The summed E-state index contributed by atoms with van der Waals surface area (Å²) in [5.74, 6) is 0. The van der Waals surface area contributed by atoms with Crippen LogP contribution >= 0.6 is 0 Å². The molecule has 0 aliphatic carbocycles. The van der Waals surface area contributed by atoms with Crippen molar-refractivity contribution in [1.82, 2.24) is 0 Å². The van der Waals surface area contributed by atoms with E-state index in [0.717, 1.165) is 19.3 Å². The molecule has 0 saturated heterocycles. The van der Waals surface area contributed by atoms with Gasteiger partial charge in [0.2, 0.25) is 0 Å². The van der Waals surface area contributed by atoms with E-state index in [1.165, 1.54) is 11.1 Å². The van der Waals surface area contributed by atoms with Gasteiger partial charge in [0.05, 0.1) is 25.4 Å². The molecule has 1 aliphatic rings. The Morgan fingerprint density at radius 2 is 2.05 bits per heavy atom. The molecular weight excluding hydrogens is 236 g/mol. The third-order valence-corrected chi connectivity index (χ3v) is 3.46. The highest BCUT2D eigenvalue weighted by Gasteiger charge is 2.16. The van der Waals surface area contributed by atoms with Gasteiger partial charge >= 0.3 is 0 Å². The second-order valence-corrected chi connectivity index (χ2v) is 5.40. The van der Waals surface area contributed by atoms with Crippen LogP contribution in [0.25, 0.3) is 0 Å². The van der Waals surface area contributed by atoms with Crippen LogP contribution in [0.2, 0.25) is 0 Å². The van der Waals surface area contributed by atoms with Crippen molar-refractivity contribution < 1.29 is 9.47 Å². The Bertz CT molecular complexity index is 397. The summed E-state index contributed by atoms with van der Waals surface area (Å²) in [6.45, 7) is 5.67. The Labute approximate surface area is 116 Å². The molecule has 1 heterocycles. The Kier molecular flexibility index (Phi) is 5.62. The summed E-state index contributed by atoms with van der Waals surface area (Å²) in [6, 6.07) is 10.3. The van der Waals surface area contributed by atoms with Gasteiger partial charge in [0, 0.05) is 0 Å². The molecule has 19 heavy (non-hydrogen) atoms. The lowest BCUT2D eigenvalue weighted by molar-refractivity contribution is -0.0573. The molecule has 2 heteroatoms. The van der Waals surface area contributed by atoms with Crippen LogP contribution in [-0.4, -0.2) is 18.8 Å². The van der Waals surface area contributed by atoms with Crippen molar-refractivity contribution in [1.29, 1.82) is 0 Å². The highest BCUT2D eigenvalue weighted by atomic mass is 16.5. The highest BCUT2D eigenvalue weighted by molar-refractivity contribution is 5.13. The van der Waals surface area contributed by atoms with Crippen LogP contribution in [0, 0.1) is 0 Å². The maximum Gasteiger partial charge on any atom is 0.0849 e. The molecule has 1 aromatic rings. The first kappa shape index (κ1) is 14.3. The minimum Gasteiger partial charge on any atom is -0.374 e. The van der Waals surface area contributed by atoms with Crippen LogP contribution in [0.15, 0.2) is 42.0 Å². The van der Waals surface area contributed by atoms with Gasteiger partial charge in [-0.25, -0.2) is 0 Å². The highest BCUT2D eigenvalue weighted by Crippen LogP contribution is 2.18. The zero-order chi connectivity index (χ0) is 13.5. The molecule has 1 aromatic carbocycles. The first-order valence-electron chi connectivity index (χ1n) is 7.17. The molecule has 2 atom stereocenters. The number of benzene rings is 1. The predicted octanol–water partition coefficient (Wildman–Crippen LogP) is 4.11. The molecule has 2 unspecified atom stereocenters. The second kappa shape index (κ2) is 7.46. The molecule has 0 radical (unpaired) electrons. The van der Waals surface area contributed by atoms with E-state index in [-0.39, 0.29) is 6.10 Å². The third kappa shape index (κ3) is 5.17. The molecule has 0 saturated carbocycles. The molecule has 0 N–H and O–H groups in total. The average Bonchev–Trinajstić information content (AvgIpc) is 2.38. The van der Waals surface area contributed by atoms with Gasteiger partial charge in [0.1, 0.15) is 0 Å². The largest absolute Gasteiger partial charge is 0.374 e. The van der Waals surface area contributed by atoms with Gasteiger partial charge in [-0.1, -0.05) is 42.0 Å². The molecule has 0 bridgehead atoms. The number of ether oxygens (including phenoxy) is 2. The number of hydrogen-bond acceptors (Lipinski definition) is 2. The van der Waals surface area contributed by atoms with Crippen molar-refractivity contribution in [2.45, 2.75) is 51.9 Å². The summed E-state index contributed by atoms with van der Waals surface area (Å²) in [5.41, 5.74) is 2.63. The lowest BCUT2D eigenvalue weighted by Crippen LogP contribution is -2.26. The van der Waals surface area contributed by atoms with Crippen molar-refractivity contribution in [3.05, 3.63) is 47.5 Å². The van der Waals surface area contributed by atoms with E-state index >= 15 is 0 Å². The molecule has 1 aliphatic heterocycles. The maximum absolute atomic E-state index is 6.03. The smallest absolute Gasteiger partial charge is 0.0849 e. The summed E-state index contributed by atoms with van der Waals surface area (Å²) >= 11 is 0. The monoisotopic (exact) mass is 260 g/mol. The van der Waals surface area contributed by atoms with E-state index < -0.39 is 0 Å². The minimum absolute atomic E-state index is 0.190. The first-order valence-corrected chi connectivity index (χ1v) is 7.17. The standard InChI is InChI=1S/C17H24O2/c1-14-7-6-8-15(2)19-17(11-14)13-18-12-16-9-4-3-5-10-16/h3-5,7,9-10,15,17H,6,8,11-13H2,1-2H3/b14-7-. The summed E-state index contributed by atoms with van der Waals surface area (Å²) in [5, 5.41) is 0. The summed E-state index contributed by atoms with van der Waals surface area (Å²) in [6.07, 6.45) is 6.07. The quantitative estimate of drug-likeness (QED) is 0.759. The van der Waals surface area contributed by atoms with Crippen LogP contribution in [0.3, 0.4) is 0 Å². The fourth-order valence-electron chi connectivity index (χ4n) is 2.43. The number of hydrogen-bond donors (Lipinski definition) is 0. The van der Waals surface area contributed by atoms with Gasteiger partial charge in [0.15, 0.2) is 0 Å². The first-order chi connectivity index (χ1) is 9.24. The molecule has 0 spiro atoms. The molecule has 2 rings (SSSR count). The molecule has 0 aromatic heterocycles. The lowest BCUT2D eigenvalue weighted by Gasteiger charge is -2.25. The van der Waals surface area contributed by atoms with Gasteiger partial charge < -0.3 is 9.47 Å². The van der Waals surface area contributed by atoms with Crippen LogP contribution in [0.5, 0.6) is 0 Å².